The number of carbonyl (C=O) groups excluding carboxylic acids is 3. The van der Waals surface area contributed by atoms with Gasteiger partial charge in [-0.25, -0.2) is 4.79 Å². The second-order valence-electron chi connectivity index (χ2n) is 4.87. The van der Waals surface area contributed by atoms with Gasteiger partial charge in [0.1, 0.15) is 0 Å². The average molecular weight is 377 g/mol. The molecule has 1 aromatic rings. The lowest BCUT2D eigenvalue weighted by Gasteiger charge is -2.17. The molecule has 0 aliphatic rings. The van der Waals surface area contributed by atoms with E-state index in [1.54, 1.807) is 25.1 Å². The highest BCUT2D eigenvalue weighted by atomic mass is 35.5. The molecule has 0 saturated carbocycles. The number of anilines is 1. The zero-order valence-corrected chi connectivity index (χ0v) is 15.0. The molecule has 0 radical (unpaired) electrons. The molecular weight excluding hydrogens is 357 g/mol. The van der Waals surface area contributed by atoms with Crippen molar-refractivity contribution in [2.75, 3.05) is 31.6 Å². The van der Waals surface area contributed by atoms with Gasteiger partial charge < -0.3 is 15.0 Å². The Morgan fingerprint density at radius 2 is 1.67 bits per heavy atom. The van der Waals surface area contributed by atoms with E-state index in [0.717, 1.165) is 0 Å². The molecule has 1 rings (SSSR count). The highest BCUT2D eigenvalue weighted by Crippen LogP contribution is 2.29. The largest absolute Gasteiger partial charge is 0.450 e. The van der Waals surface area contributed by atoms with Gasteiger partial charge in [0, 0.05) is 0 Å². The molecule has 0 aliphatic heterocycles. The van der Waals surface area contributed by atoms with Crippen LogP contribution in [0.2, 0.25) is 10.0 Å². The summed E-state index contributed by atoms with van der Waals surface area (Å²) in [4.78, 5) is 35.7. The van der Waals surface area contributed by atoms with Crippen LogP contribution >= 0.6 is 23.2 Å². The zero-order chi connectivity index (χ0) is 18.1. The van der Waals surface area contributed by atoms with Crippen LogP contribution in [0.15, 0.2) is 18.2 Å². The number of benzene rings is 1. The predicted molar refractivity (Wildman–Crippen MR) is 91.5 cm³/mol. The highest BCUT2D eigenvalue weighted by molar-refractivity contribution is 6.39. The lowest BCUT2D eigenvalue weighted by Crippen LogP contribution is -3.14. The molecule has 0 bridgehead atoms. The maximum atomic E-state index is 12.1. The molecule has 0 aliphatic carbocycles. The van der Waals surface area contributed by atoms with Crippen molar-refractivity contribution in [2.45, 2.75) is 13.8 Å². The summed E-state index contributed by atoms with van der Waals surface area (Å²) in [6.45, 7) is 4.12. The van der Waals surface area contributed by atoms with Gasteiger partial charge in [-0.05, 0) is 26.0 Å². The number of nitrogens with one attached hydrogen (secondary N) is 3. The van der Waals surface area contributed by atoms with Crippen LogP contribution in [-0.2, 0) is 14.3 Å². The van der Waals surface area contributed by atoms with Crippen molar-refractivity contribution in [3.63, 3.8) is 0 Å². The molecule has 3 amide bonds. The Bertz CT molecular complexity index is 590. The Hall–Kier alpha value is -1.83. The van der Waals surface area contributed by atoms with E-state index in [4.69, 9.17) is 23.2 Å². The van der Waals surface area contributed by atoms with Gasteiger partial charge in [-0.1, -0.05) is 29.3 Å². The standard InChI is InChI=1S/C15H19Cl2N3O4/c1-3-20(9-13(22)19-15(23)24-4-2)8-12(21)18-14-10(16)6-5-7-11(14)17/h5-7H,3-4,8-9H2,1-2H3,(H,18,21)(H,19,22,23)/p+1. The van der Waals surface area contributed by atoms with Crippen LogP contribution < -0.4 is 15.5 Å². The Labute approximate surface area is 150 Å². The average Bonchev–Trinajstić information content (AvgIpc) is 2.50. The normalized spacial score (nSPS) is 11.5. The predicted octanol–water partition coefficient (Wildman–Crippen LogP) is 1.11. The molecule has 9 heteroatoms. The van der Waals surface area contributed by atoms with Gasteiger partial charge in [0.2, 0.25) is 0 Å². The van der Waals surface area contributed by atoms with Crippen LogP contribution in [0.4, 0.5) is 10.5 Å². The molecular formula is C15H20Cl2N3O4+. The van der Waals surface area contributed by atoms with Crippen LogP contribution in [-0.4, -0.2) is 44.1 Å². The minimum absolute atomic E-state index is 0.0221. The smallest absolute Gasteiger partial charge is 0.414 e. The molecule has 7 nitrogen and oxygen atoms in total. The molecule has 24 heavy (non-hydrogen) atoms. The van der Waals surface area contributed by atoms with Crippen molar-refractivity contribution in [1.29, 1.82) is 0 Å². The number of halogens is 2. The van der Waals surface area contributed by atoms with E-state index in [-0.39, 0.29) is 25.6 Å². The van der Waals surface area contributed by atoms with Crippen molar-refractivity contribution in [1.82, 2.24) is 5.32 Å². The molecule has 0 spiro atoms. The highest BCUT2D eigenvalue weighted by Gasteiger charge is 2.19. The number of amides is 3. The number of imide groups is 1. The summed E-state index contributed by atoms with van der Waals surface area (Å²) in [5, 5.41) is 5.38. The number of carbonyl (C=O) groups is 3. The van der Waals surface area contributed by atoms with E-state index >= 15 is 0 Å². The fraction of sp³-hybridized carbons (Fsp3) is 0.400. The Morgan fingerprint density at radius 1 is 1.08 bits per heavy atom. The van der Waals surface area contributed by atoms with Gasteiger partial charge in [-0.15, -0.1) is 0 Å². The first-order chi connectivity index (χ1) is 11.4. The number of likely N-dealkylation sites (N-methyl/N-ethyl adjacent to an activating group) is 1. The van der Waals surface area contributed by atoms with E-state index in [2.05, 4.69) is 15.4 Å². The summed E-state index contributed by atoms with van der Waals surface area (Å²) in [6, 6.07) is 4.89. The topological polar surface area (TPSA) is 88.9 Å². The van der Waals surface area contributed by atoms with Crippen molar-refractivity contribution in [2.24, 2.45) is 0 Å². The molecule has 1 unspecified atom stereocenters. The third-order valence-electron chi connectivity index (χ3n) is 3.07. The molecule has 0 fully saturated rings. The van der Waals surface area contributed by atoms with Gasteiger partial charge in [-0.2, -0.15) is 0 Å². The summed E-state index contributed by atoms with van der Waals surface area (Å²) in [7, 11) is 0. The van der Waals surface area contributed by atoms with E-state index in [9.17, 15) is 14.4 Å². The van der Waals surface area contributed by atoms with Crippen LogP contribution in [0.25, 0.3) is 0 Å². The lowest BCUT2D eigenvalue weighted by atomic mass is 10.3. The number of rotatable bonds is 7. The summed E-state index contributed by atoms with van der Waals surface area (Å²) in [5.41, 5.74) is 0.331. The molecule has 3 N–H and O–H groups in total. The molecule has 0 heterocycles. The van der Waals surface area contributed by atoms with E-state index < -0.39 is 12.0 Å². The quantitative estimate of drug-likeness (QED) is 0.664. The number of para-hydroxylation sites is 1. The summed E-state index contributed by atoms with van der Waals surface area (Å²) in [6.07, 6.45) is -0.801. The lowest BCUT2D eigenvalue weighted by molar-refractivity contribution is -0.881. The maximum Gasteiger partial charge on any atom is 0.414 e. The monoisotopic (exact) mass is 376 g/mol. The van der Waals surface area contributed by atoms with Crippen molar-refractivity contribution in [3.8, 4) is 0 Å². The van der Waals surface area contributed by atoms with E-state index in [1.807, 2.05) is 6.92 Å². The van der Waals surface area contributed by atoms with Gasteiger partial charge in [-0.3, -0.25) is 14.9 Å². The van der Waals surface area contributed by atoms with Crippen molar-refractivity contribution >= 4 is 46.8 Å². The summed E-state index contributed by atoms with van der Waals surface area (Å²) in [5.74, 6) is -0.861. The maximum absolute atomic E-state index is 12.1. The van der Waals surface area contributed by atoms with Gasteiger partial charge in [0.25, 0.3) is 11.8 Å². The minimum Gasteiger partial charge on any atom is -0.450 e. The van der Waals surface area contributed by atoms with Gasteiger partial charge >= 0.3 is 6.09 Å². The molecule has 1 aromatic carbocycles. The summed E-state index contributed by atoms with van der Waals surface area (Å²) < 4.78 is 4.63. The summed E-state index contributed by atoms with van der Waals surface area (Å²) >= 11 is 12.0. The Kier molecular flexibility index (Phi) is 8.53. The van der Waals surface area contributed by atoms with E-state index in [0.29, 0.717) is 27.2 Å². The number of quaternary nitrogens is 1. The number of hydrogen-bond donors (Lipinski definition) is 3. The number of alkyl carbamates (subject to hydrolysis) is 1. The third kappa shape index (κ3) is 6.74. The first-order valence-corrected chi connectivity index (χ1v) is 8.17. The van der Waals surface area contributed by atoms with E-state index in [1.165, 1.54) is 0 Å². The fourth-order valence-electron chi connectivity index (χ4n) is 1.89. The van der Waals surface area contributed by atoms with Crippen molar-refractivity contribution in [3.05, 3.63) is 28.2 Å². The van der Waals surface area contributed by atoms with Crippen molar-refractivity contribution < 1.29 is 24.0 Å². The van der Waals surface area contributed by atoms with Crippen LogP contribution in [0.1, 0.15) is 13.8 Å². The van der Waals surface area contributed by atoms with Crippen LogP contribution in [0.5, 0.6) is 0 Å². The molecule has 0 aromatic heterocycles. The zero-order valence-electron chi connectivity index (χ0n) is 13.4. The molecule has 132 valence electrons. The fourth-order valence-corrected chi connectivity index (χ4v) is 2.38. The Morgan fingerprint density at radius 3 is 2.21 bits per heavy atom. The first kappa shape index (κ1) is 20.2. The molecule has 1 atom stereocenters. The first-order valence-electron chi connectivity index (χ1n) is 7.41. The van der Waals surface area contributed by atoms with Crippen LogP contribution in [0.3, 0.4) is 0 Å². The van der Waals surface area contributed by atoms with Gasteiger partial charge in [0.05, 0.1) is 28.9 Å². The van der Waals surface area contributed by atoms with Gasteiger partial charge in [0.15, 0.2) is 13.1 Å². The SMILES string of the molecule is CCOC(=O)NC(=O)C[NH+](CC)CC(=O)Nc1c(Cl)cccc1Cl. The minimum atomic E-state index is -0.801. The van der Waals surface area contributed by atoms with Crippen LogP contribution in [0, 0.1) is 0 Å². The number of ether oxygens (including phenoxy) is 1. The third-order valence-corrected chi connectivity index (χ3v) is 3.70. The Balaban J connectivity index is 2.57. The number of hydrogen-bond acceptors (Lipinski definition) is 4. The molecule has 0 saturated heterocycles. The second-order valence-corrected chi connectivity index (χ2v) is 5.68. The second kappa shape index (κ2) is 10.1.